The van der Waals surface area contributed by atoms with Gasteiger partial charge >= 0.3 is 0 Å². The van der Waals surface area contributed by atoms with Crippen molar-refractivity contribution in [2.24, 2.45) is 17.8 Å². The highest BCUT2D eigenvalue weighted by molar-refractivity contribution is 8.21. The molecule has 2 saturated carbocycles. The summed E-state index contributed by atoms with van der Waals surface area (Å²) in [6.07, 6.45) is 8.21. The van der Waals surface area contributed by atoms with E-state index < -0.39 is 0 Å². The van der Waals surface area contributed by atoms with E-state index in [1.54, 1.807) is 11.3 Å². The van der Waals surface area contributed by atoms with Crippen LogP contribution >= 0.6 is 34.9 Å². The van der Waals surface area contributed by atoms with Gasteiger partial charge in [-0.05, 0) is 50.4 Å². The zero-order valence-electron chi connectivity index (χ0n) is 15.7. The first-order valence-electron chi connectivity index (χ1n) is 10.1. The molecule has 3 fully saturated rings. The van der Waals surface area contributed by atoms with Crippen LogP contribution in [0.2, 0.25) is 0 Å². The Morgan fingerprint density at radius 2 is 1.81 bits per heavy atom. The van der Waals surface area contributed by atoms with Gasteiger partial charge in [-0.25, -0.2) is 0 Å². The number of aromatic nitrogens is 2. The van der Waals surface area contributed by atoms with E-state index in [2.05, 4.69) is 52.9 Å². The van der Waals surface area contributed by atoms with Gasteiger partial charge in [-0.2, -0.15) is 0 Å². The monoisotopic (exact) mass is 411 g/mol. The summed E-state index contributed by atoms with van der Waals surface area (Å²) in [6, 6.07) is 0. The van der Waals surface area contributed by atoms with Crippen LogP contribution in [-0.4, -0.2) is 31.7 Å². The largest absolute Gasteiger partial charge is 0.300 e. The van der Waals surface area contributed by atoms with Gasteiger partial charge in [0.25, 0.3) is 0 Å². The van der Waals surface area contributed by atoms with Crippen LogP contribution in [0.15, 0.2) is 0 Å². The molecular weight excluding hydrogens is 382 g/mol. The summed E-state index contributed by atoms with van der Waals surface area (Å²) in [5.41, 5.74) is 0. The van der Waals surface area contributed by atoms with Crippen LogP contribution in [0.25, 0.3) is 0 Å². The van der Waals surface area contributed by atoms with Gasteiger partial charge in [-0.1, -0.05) is 31.6 Å². The number of anilines is 1. The van der Waals surface area contributed by atoms with E-state index in [4.69, 9.17) is 0 Å². The van der Waals surface area contributed by atoms with Crippen LogP contribution in [0.3, 0.4) is 0 Å². The predicted molar refractivity (Wildman–Crippen MR) is 113 cm³/mol. The fourth-order valence-electron chi connectivity index (χ4n) is 5.12. The quantitative estimate of drug-likeness (QED) is 0.704. The number of amides is 1. The highest BCUT2D eigenvalue weighted by Gasteiger charge is 2.55. The third kappa shape index (κ3) is 3.44. The molecule has 0 aromatic carbocycles. The normalized spacial score (nSPS) is 30.0. The molecule has 1 amide bonds. The summed E-state index contributed by atoms with van der Waals surface area (Å²) in [5.74, 6) is 4.78. The molecule has 26 heavy (non-hydrogen) atoms. The maximum Gasteiger partial charge on any atom is 0.229 e. The number of rotatable bonds is 5. The first kappa shape index (κ1) is 19.1. The summed E-state index contributed by atoms with van der Waals surface area (Å²) in [7, 11) is 0. The Kier molecular flexibility index (Phi) is 5.86. The second-order valence-electron chi connectivity index (χ2n) is 7.86. The van der Waals surface area contributed by atoms with Crippen molar-refractivity contribution in [3.8, 4) is 0 Å². The Hall–Kier alpha value is -0.270. The number of thioether (sulfide) groups is 2. The number of carbonyl (C=O) groups excluding carboxylic acids is 1. The van der Waals surface area contributed by atoms with E-state index in [0.717, 1.165) is 30.7 Å². The van der Waals surface area contributed by atoms with Gasteiger partial charge in [-0.3, -0.25) is 4.79 Å². The molecule has 2 aliphatic carbocycles. The average Bonchev–Trinajstić information content (AvgIpc) is 3.27. The summed E-state index contributed by atoms with van der Waals surface area (Å²) in [4.78, 5) is 12.9. The molecular formula is C19H29N3OS3. The Balaban J connectivity index is 1.42. The number of nitrogens with zero attached hydrogens (tertiary/aromatic N) is 2. The second kappa shape index (κ2) is 8.00. The van der Waals surface area contributed by atoms with Gasteiger partial charge in [0.05, 0.1) is 4.08 Å². The minimum Gasteiger partial charge on any atom is -0.300 e. The number of carbonyl (C=O) groups is 1. The smallest absolute Gasteiger partial charge is 0.229 e. The lowest BCUT2D eigenvalue weighted by Gasteiger charge is -2.51. The Morgan fingerprint density at radius 1 is 1.15 bits per heavy atom. The highest BCUT2D eigenvalue weighted by Crippen LogP contribution is 2.64. The van der Waals surface area contributed by atoms with E-state index in [1.807, 2.05) is 0 Å². The molecule has 1 saturated heterocycles. The molecule has 4 nitrogen and oxygen atoms in total. The first-order valence-corrected chi connectivity index (χ1v) is 12.9. The maximum atomic E-state index is 12.9. The van der Waals surface area contributed by atoms with E-state index in [0.29, 0.717) is 27.0 Å². The maximum absolute atomic E-state index is 12.9. The molecule has 0 radical (unpaired) electrons. The minimum absolute atomic E-state index is 0.151. The van der Waals surface area contributed by atoms with Crippen LogP contribution in [0.1, 0.15) is 69.7 Å². The SMILES string of the molecule is CCC(CC)c1nnc(NC(=O)C2CC3CCCC(C2)C32SCCS2)s1. The molecule has 1 spiro atoms. The van der Waals surface area contributed by atoms with Crippen molar-refractivity contribution in [1.29, 1.82) is 0 Å². The van der Waals surface area contributed by atoms with Gasteiger partial charge in [0, 0.05) is 23.3 Å². The molecule has 2 atom stereocenters. The third-order valence-corrected chi connectivity index (χ3v) is 11.5. The predicted octanol–water partition coefficient (Wildman–Crippen LogP) is 5.38. The van der Waals surface area contributed by atoms with Crippen LogP contribution in [0, 0.1) is 17.8 Å². The van der Waals surface area contributed by atoms with Crippen molar-refractivity contribution in [1.82, 2.24) is 10.2 Å². The molecule has 3 aliphatic rings. The third-order valence-electron chi connectivity index (χ3n) is 6.50. The number of hydrogen-bond acceptors (Lipinski definition) is 6. The van der Waals surface area contributed by atoms with Gasteiger partial charge in [0.2, 0.25) is 11.0 Å². The van der Waals surface area contributed by atoms with E-state index in [9.17, 15) is 4.79 Å². The first-order chi connectivity index (χ1) is 12.7. The Bertz CT molecular complexity index is 624. The number of hydrogen-bond donors (Lipinski definition) is 1. The zero-order valence-corrected chi connectivity index (χ0v) is 18.2. The zero-order chi connectivity index (χ0) is 18.1. The van der Waals surface area contributed by atoms with Crippen molar-refractivity contribution in [2.45, 2.75) is 68.8 Å². The molecule has 1 N–H and O–H groups in total. The second-order valence-corrected chi connectivity index (χ2v) is 11.9. The molecule has 2 heterocycles. The molecule has 1 aromatic rings. The van der Waals surface area contributed by atoms with Crippen molar-refractivity contribution < 1.29 is 4.79 Å². The fraction of sp³-hybridized carbons (Fsp3) is 0.842. The van der Waals surface area contributed by atoms with Gasteiger partial charge in [0.15, 0.2) is 0 Å². The topological polar surface area (TPSA) is 54.9 Å². The molecule has 144 valence electrons. The van der Waals surface area contributed by atoms with Crippen LogP contribution in [-0.2, 0) is 4.79 Å². The lowest BCUT2D eigenvalue weighted by atomic mass is 9.67. The molecule has 2 unspecified atom stereocenters. The lowest BCUT2D eigenvalue weighted by Crippen LogP contribution is -2.48. The lowest BCUT2D eigenvalue weighted by molar-refractivity contribution is -0.122. The van der Waals surface area contributed by atoms with Crippen LogP contribution < -0.4 is 5.32 Å². The molecule has 7 heteroatoms. The van der Waals surface area contributed by atoms with Gasteiger partial charge in [0.1, 0.15) is 5.01 Å². The van der Waals surface area contributed by atoms with Crippen molar-refractivity contribution in [2.75, 3.05) is 16.8 Å². The van der Waals surface area contributed by atoms with Crippen LogP contribution in [0.5, 0.6) is 0 Å². The molecule has 4 rings (SSSR count). The van der Waals surface area contributed by atoms with Crippen molar-refractivity contribution in [3.63, 3.8) is 0 Å². The summed E-state index contributed by atoms with van der Waals surface area (Å²) < 4.78 is 0.431. The van der Waals surface area contributed by atoms with Crippen LogP contribution in [0.4, 0.5) is 5.13 Å². The van der Waals surface area contributed by atoms with Gasteiger partial charge < -0.3 is 5.32 Å². The standard InChI is InChI=1S/C19H29N3OS3/c1-3-12(4-2)17-21-22-18(26-17)20-16(23)13-10-14-6-5-7-15(11-13)19(14)24-8-9-25-19/h12-15H,3-11H2,1-2H3,(H,20,22,23). The number of nitrogens with one attached hydrogen (secondary N) is 1. The van der Waals surface area contributed by atoms with Crippen molar-refractivity contribution in [3.05, 3.63) is 5.01 Å². The van der Waals surface area contributed by atoms with E-state index >= 15 is 0 Å². The average molecular weight is 412 g/mol. The summed E-state index contributed by atoms with van der Waals surface area (Å²) in [5, 5.41) is 13.4. The minimum atomic E-state index is 0.151. The molecule has 1 aliphatic heterocycles. The highest BCUT2D eigenvalue weighted by atomic mass is 32.2. The van der Waals surface area contributed by atoms with E-state index in [-0.39, 0.29) is 11.8 Å². The summed E-state index contributed by atoms with van der Waals surface area (Å²) >= 11 is 5.96. The Labute approximate surface area is 169 Å². The molecule has 2 bridgehead atoms. The van der Waals surface area contributed by atoms with Crippen molar-refractivity contribution >= 4 is 45.9 Å². The van der Waals surface area contributed by atoms with E-state index in [1.165, 1.54) is 30.8 Å². The van der Waals surface area contributed by atoms with Gasteiger partial charge in [-0.15, -0.1) is 33.7 Å². The fourth-order valence-corrected chi connectivity index (χ4v) is 10.1. The Morgan fingerprint density at radius 3 is 2.42 bits per heavy atom. The molecule has 1 aromatic heterocycles. The summed E-state index contributed by atoms with van der Waals surface area (Å²) in [6.45, 7) is 4.37.